The van der Waals surface area contributed by atoms with Crippen molar-refractivity contribution < 1.29 is 19.1 Å². The topological polar surface area (TPSA) is 71.1 Å². The van der Waals surface area contributed by atoms with E-state index in [0.717, 1.165) is 13.1 Å². The van der Waals surface area contributed by atoms with E-state index in [-0.39, 0.29) is 12.5 Å². The molecule has 24 heavy (non-hydrogen) atoms. The van der Waals surface area contributed by atoms with E-state index in [4.69, 9.17) is 9.47 Å². The number of hydrogen-bond acceptors (Lipinski definition) is 5. The van der Waals surface area contributed by atoms with Crippen molar-refractivity contribution in [1.82, 2.24) is 15.1 Å². The number of hydrogen-bond donors (Lipinski definition) is 1. The minimum absolute atomic E-state index is 0.119. The molecular formula is C17H33N3O4. The number of piperazine rings is 1. The van der Waals surface area contributed by atoms with Gasteiger partial charge in [0.05, 0.1) is 12.2 Å². The standard InChI is InChI=1S/C17H33N3O4/c1-16(2,3)23-12-13(18-15(22)24-17(4,5)6)14(21)20-10-8-19(7)9-11-20/h13H,8-12H2,1-7H3,(H,18,22)/t13-/m0/s1. The lowest BCUT2D eigenvalue weighted by Crippen LogP contribution is -2.56. The van der Waals surface area contributed by atoms with Crippen LogP contribution in [0.5, 0.6) is 0 Å². The number of nitrogens with one attached hydrogen (secondary N) is 1. The first kappa shape index (κ1) is 20.7. The Morgan fingerprint density at radius 3 is 2.00 bits per heavy atom. The average molecular weight is 343 g/mol. The highest BCUT2D eigenvalue weighted by Gasteiger charge is 2.30. The summed E-state index contributed by atoms with van der Waals surface area (Å²) in [5, 5.41) is 2.66. The minimum atomic E-state index is -0.748. The highest BCUT2D eigenvalue weighted by Crippen LogP contribution is 2.11. The zero-order valence-electron chi connectivity index (χ0n) is 16.1. The van der Waals surface area contributed by atoms with Crippen LogP contribution in [0.1, 0.15) is 41.5 Å². The van der Waals surface area contributed by atoms with Crippen molar-refractivity contribution in [3.63, 3.8) is 0 Å². The first-order valence-corrected chi connectivity index (χ1v) is 8.48. The Hall–Kier alpha value is -1.34. The molecule has 0 aliphatic carbocycles. The molecule has 1 fully saturated rings. The lowest BCUT2D eigenvalue weighted by Gasteiger charge is -2.35. The van der Waals surface area contributed by atoms with Crippen molar-refractivity contribution in [2.45, 2.75) is 58.8 Å². The predicted molar refractivity (Wildman–Crippen MR) is 92.9 cm³/mol. The van der Waals surface area contributed by atoms with Gasteiger partial charge in [-0.25, -0.2) is 4.79 Å². The monoisotopic (exact) mass is 343 g/mol. The number of alkyl carbamates (subject to hydrolysis) is 1. The van der Waals surface area contributed by atoms with Crippen LogP contribution in [0.2, 0.25) is 0 Å². The van der Waals surface area contributed by atoms with Gasteiger partial charge in [0, 0.05) is 26.2 Å². The number of carbonyl (C=O) groups is 2. The predicted octanol–water partition coefficient (Wildman–Crippen LogP) is 1.47. The molecule has 0 radical (unpaired) electrons. The van der Waals surface area contributed by atoms with Crippen molar-refractivity contribution in [3.05, 3.63) is 0 Å². The largest absolute Gasteiger partial charge is 0.444 e. The lowest BCUT2D eigenvalue weighted by atomic mass is 10.1. The first-order valence-electron chi connectivity index (χ1n) is 8.48. The Labute approximate surface area is 145 Å². The van der Waals surface area contributed by atoms with Crippen molar-refractivity contribution >= 4 is 12.0 Å². The summed E-state index contributed by atoms with van der Waals surface area (Å²) >= 11 is 0. The van der Waals surface area contributed by atoms with E-state index in [2.05, 4.69) is 10.2 Å². The maximum absolute atomic E-state index is 12.8. The fourth-order valence-electron chi connectivity index (χ4n) is 2.21. The second-order valence-corrected chi connectivity index (χ2v) is 8.25. The van der Waals surface area contributed by atoms with Gasteiger partial charge in [0.1, 0.15) is 11.6 Å². The molecule has 0 aromatic heterocycles. The molecular weight excluding hydrogens is 310 g/mol. The molecule has 0 saturated carbocycles. The van der Waals surface area contributed by atoms with Crippen LogP contribution >= 0.6 is 0 Å². The van der Waals surface area contributed by atoms with Crippen molar-refractivity contribution in [2.24, 2.45) is 0 Å². The zero-order chi connectivity index (χ0) is 18.5. The molecule has 1 heterocycles. The summed E-state index contributed by atoms with van der Waals surface area (Å²) in [7, 11) is 2.03. The zero-order valence-corrected chi connectivity index (χ0v) is 16.1. The van der Waals surface area contributed by atoms with E-state index < -0.39 is 23.3 Å². The Balaban J connectivity index is 2.72. The maximum atomic E-state index is 12.8. The Morgan fingerprint density at radius 1 is 1.00 bits per heavy atom. The van der Waals surface area contributed by atoms with Crippen LogP contribution in [0.3, 0.4) is 0 Å². The minimum Gasteiger partial charge on any atom is -0.444 e. The lowest BCUT2D eigenvalue weighted by molar-refractivity contribution is -0.138. The molecule has 1 saturated heterocycles. The molecule has 0 aromatic rings. The summed E-state index contributed by atoms with van der Waals surface area (Å²) in [4.78, 5) is 28.8. The Bertz CT molecular complexity index is 432. The highest BCUT2D eigenvalue weighted by molar-refractivity contribution is 5.86. The van der Waals surface area contributed by atoms with E-state index in [1.54, 1.807) is 25.7 Å². The summed E-state index contributed by atoms with van der Waals surface area (Å²) in [6.45, 7) is 14.2. The van der Waals surface area contributed by atoms with E-state index in [1.165, 1.54) is 0 Å². The van der Waals surface area contributed by atoms with Crippen LogP contribution in [-0.2, 0) is 14.3 Å². The van der Waals surface area contributed by atoms with Crippen LogP contribution in [0, 0.1) is 0 Å². The second kappa shape index (κ2) is 8.16. The van der Waals surface area contributed by atoms with Crippen LogP contribution in [-0.4, -0.2) is 78.9 Å². The Morgan fingerprint density at radius 2 is 1.54 bits per heavy atom. The summed E-state index contributed by atoms with van der Waals surface area (Å²) in [5.74, 6) is -0.127. The van der Waals surface area contributed by atoms with E-state index in [9.17, 15) is 9.59 Å². The summed E-state index contributed by atoms with van der Waals surface area (Å²) in [6.07, 6.45) is -0.604. The van der Waals surface area contributed by atoms with Gasteiger partial charge >= 0.3 is 6.09 Å². The van der Waals surface area contributed by atoms with Crippen molar-refractivity contribution in [1.29, 1.82) is 0 Å². The smallest absolute Gasteiger partial charge is 0.408 e. The molecule has 0 unspecified atom stereocenters. The van der Waals surface area contributed by atoms with E-state index in [1.807, 2.05) is 27.8 Å². The second-order valence-electron chi connectivity index (χ2n) is 8.25. The number of nitrogens with zero attached hydrogens (tertiary/aromatic N) is 2. The van der Waals surface area contributed by atoms with Crippen molar-refractivity contribution in [3.8, 4) is 0 Å². The number of rotatable bonds is 4. The molecule has 1 N–H and O–H groups in total. The molecule has 0 aromatic carbocycles. The summed E-state index contributed by atoms with van der Waals surface area (Å²) in [6, 6.07) is -0.748. The van der Waals surface area contributed by atoms with Crippen LogP contribution in [0.4, 0.5) is 4.79 Å². The molecule has 0 bridgehead atoms. The third-order valence-electron chi connectivity index (χ3n) is 3.49. The molecule has 0 spiro atoms. The van der Waals surface area contributed by atoms with Gasteiger partial charge in [0.15, 0.2) is 0 Å². The fourth-order valence-corrected chi connectivity index (χ4v) is 2.21. The summed E-state index contributed by atoms with van der Waals surface area (Å²) in [5.41, 5.74) is -1.01. The molecule has 2 amide bonds. The first-order chi connectivity index (χ1) is 10.9. The molecule has 1 aliphatic rings. The molecule has 1 atom stereocenters. The van der Waals surface area contributed by atoms with Gasteiger partial charge in [-0.1, -0.05) is 0 Å². The van der Waals surface area contributed by atoms with E-state index >= 15 is 0 Å². The van der Waals surface area contributed by atoms with Gasteiger partial charge in [0.25, 0.3) is 0 Å². The molecule has 1 rings (SSSR count). The van der Waals surface area contributed by atoms with E-state index in [0.29, 0.717) is 13.1 Å². The number of amides is 2. The van der Waals surface area contributed by atoms with Gasteiger partial charge in [-0.05, 0) is 48.6 Å². The van der Waals surface area contributed by atoms with Gasteiger partial charge in [-0.3, -0.25) is 4.79 Å². The summed E-state index contributed by atoms with van der Waals surface area (Å²) < 4.78 is 11.0. The van der Waals surface area contributed by atoms with Crippen LogP contribution in [0.25, 0.3) is 0 Å². The average Bonchev–Trinajstić information content (AvgIpc) is 2.40. The van der Waals surface area contributed by atoms with Gasteiger partial charge in [-0.15, -0.1) is 0 Å². The quantitative estimate of drug-likeness (QED) is 0.837. The third-order valence-corrected chi connectivity index (χ3v) is 3.49. The van der Waals surface area contributed by atoms with Gasteiger partial charge in [0.2, 0.25) is 5.91 Å². The number of ether oxygens (including phenoxy) is 2. The molecule has 7 heteroatoms. The van der Waals surface area contributed by atoms with Crippen LogP contribution < -0.4 is 5.32 Å². The molecule has 140 valence electrons. The maximum Gasteiger partial charge on any atom is 0.408 e. The third kappa shape index (κ3) is 7.97. The van der Waals surface area contributed by atoms with Gasteiger partial charge < -0.3 is 24.6 Å². The van der Waals surface area contributed by atoms with Gasteiger partial charge in [-0.2, -0.15) is 0 Å². The SMILES string of the molecule is CN1CCN(C(=O)[C@H](COC(C)(C)C)NC(=O)OC(C)(C)C)CC1. The normalized spacial score (nSPS) is 18.2. The van der Waals surface area contributed by atoms with Crippen LogP contribution in [0.15, 0.2) is 0 Å². The Kier molecular flexibility index (Phi) is 7.04. The molecule has 1 aliphatic heterocycles. The number of likely N-dealkylation sites (N-methyl/N-ethyl adjacent to an activating group) is 1. The number of carbonyl (C=O) groups excluding carboxylic acids is 2. The highest BCUT2D eigenvalue weighted by atomic mass is 16.6. The van der Waals surface area contributed by atoms with Crippen molar-refractivity contribution in [2.75, 3.05) is 39.8 Å². The molecule has 7 nitrogen and oxygen atoms in total. The fraction of sp³-hybridized carbons (Fsp3) is 0.882.